The lowest BCUT2D eigenvalue weighted by Crippen LogP contribution is -2.46. The lowest BCUT2D eigenvalue weighted by atomic mass is 9.76. The van der Waals surface area contributed by atoms with Crippen molar-refractivity contribution in [1.82, 2.24) is 9.80 Å². The summed E-state index contributed by atoms with van der Waals surface area (Å²) in [5.41, 5.74) is -0.597. The van der Waals surface area contributed by atoms with E-state index in [0.29, 0.717) is 31.5 Å². The van der Waals surface area contributed by atoms with Gasteiger partial charge >= 0.3 is 11.6 Å². The number of para-hydroxylation sites is 1. The van der Waals surface area contributed by atoms with Gasteiger partial charge in [0.25, 0.3) is 12.4 Å². The maximum absolute atomic E-state index is 13.0. The Balaban J connectivity index is 0.000000821. The molecule has 1 atom stereocenters. The molecule has 1 spiro atoms. The fourth-order valence-corrected chi connectivity index (χ4v) is 5.12. The fraction of sp³-hybridized carbons (Fsp3) is 0.500. The van der Waals surface area contributed by atoms with Crippen LogP contribution in [0.3, 0.4) is 0 Å². The Hall–Kier alpha value is -3.20. The summed E-state index contributed by atoms with van der Waals surface area (Å²) in [7, 11) is 0. The van der Waals surface area contributed by atoms with Crippen LogP contribution in [0.25, 0.3) is 11.0 Å². The van der Waals surface area contributed by atoms with Crippen molar-refractivity contribution in [3.05, 3.63) is 46.3 Å². The largest absolute Gasteiger partial charge is 0.483 e. The highest BCUT2D eigenvalue weighted by Gasteiger charge is 2.51. The van der Waals surface area contributed by atoms with Gasteiger partial charge in [-0.2, -0.15) is 0 Å². The fourth-order valence-electron chi connectivity index (χ4n) is 5.12. The first-order valence-corrected chi connectivity index (χ1v) is 11.3. The molecular weight excluding hydrogens is 428 g/mol. The highest BCUT2D eigenvalue weighted by Crippen LogP contribution is 2.43. The third-order valence-corrected chi connectivity index (χ3v) is 6.87. The first-order chi connectivity index (χ1) is 16.0. The molecule has 3 aliphatic rings. The SMILES string of the molecule is O=C(c1cc2ccccc2oc1=O)N1CCC2(CC1)CC(CN1CCCC1)OC2=O.O=CO. The van der Waals surface area contributed by atoms with Crippen LogP contribution in [0.4, 0.5) is 0 Å². The van der Waals surface area contributed by atoms with Crippen LogP contribution in [-0.2, 0) is 14.3 Å². The maximum atomic E-state index is 13.0. The van der Waals surface area contributed by atoms with Crippen molar-refractivity contribution in [1.29, 1.82) is 0 Å². The zero-order chi connectivity index (χ0) is 23.4. The molecule has 9 nitrogen and oxygen atoms in total. The topological polar surface area (TPSA) is 117 Å². The van der Waals surface area contributed by atoms with Gasteiger partial charge in [-0.25, -0.2) is 4.79 Å². The third kappa shape index (κ3) is 4.78. The molecule has 4 heterocycles. The number of ether oxygens (including phenoxy) is 1. The first-order valence-electron chi connectivity index (χ1n) is 11.3. The van der Waals surface area contributed by atoms with E-state index in [1.165, 1.54) is 12.8 Å². The number of nitrogens with zero attached hydrogens (tertiary/aromatic N) is 2. The van der Waals surface area contributed by atoms with Gasteiger partial charge in [-0.05, 0) is 50.9 Å². The summed E-state index contributed by atoms with van der Waals surface area (Å²) in [5.74, 6) is -0.451. The number of carbonyl (C=O) groups is 3. The predicted octanol–water partition coefficient (Wildman–Crippen LogP) is 2.13. The predicted molar refractivity (Wildman–Crippen MR) is 119 cm³/mol. The van der Waals surface area contributed by atoms with Crippen molar-refractivity contribution < 1.29 is 28.6 Å². The van der Waals surface area contributed by atoms with Gasteiger partial charge in [-0.3, -0.25) is 19.3 Å². The molecule has 0 radical (unpaired) electrons. The number of likely N-dealkylation sites (tertiary alicyclic amines) is 2. The van der Waals surface area contributed by atoms with E-state index >= 15 is 0 Å². The first kappa shape index (κ1) is 23.0. The van der Waals surface area contributed by atoms with E-state index in [2.05, 4.69) is 4.90 Å². The van der Waals surface area contributed by atoms with Crippen LogP contribution in [0.5, 0.6) is 0 Å². The molecule has 9 heteroatoms. The van der Waals surface area contributed by atoms with E-state index in [-0.39, 0.29) is 30.0 Å². The van der Waals surface area contributed by atoms with Gasteiger partial charge in [0.1, 0.15) is 17.3 Å². The smallest absolute Gasteiger partial charge is 0.349 e. The monoisotopic (exact) mass is 456 g/mol. The van der Waals surface area contributed by atoms with E-state index in [0.717, 1.165) is 31.4 Å². The Labute approximate surface area is 190 Å². The van der Waals surface area contributed by atoms with Gasteiger partial charge in [-0.1, -0.05) is 18.2 Å². The van der Waals surface area contributed by atoms with Gasteiger partial charge in [0.15, 0.2) is 0 Å². The summed E-state index contributed by atoms with van der Waals surface area (Å²) >= 11 is 0. The Kier molecular flexibility index (Phi) is 6.78. The molecule has 5 rings (SSSR count). The lowest BCUT2D eigenvalue weighted by molar-refractivity contribution is -0.151. The van der Waals surface area contributed by atoms with Gasteiger partial charge in [0.2, 0.25) is 0 Å². The minimum absolute atomic E-state index is 0.0468. The third-order valence-electron chi connectivity index (χ3n) is 6.87. The zero-order valence-corrected chi connectivity index (χ0v) is 18.4. The number of esters is 1. The molecule has 176 valence electrons. The number of fused-ring (bicyclic) bond motifs is 1. The number of carbonyl (C=O) groups excluding carboxylic acids is 2. The Bertz CT molecular complexity index is 1080. The molecule has 1 aromatic heterocycles. The minimum atomic E-state index is -0.620. The number of carboxylic acid groups (broad SMARTS) is 1. The zero-order valence-electron chi connectivity index (χ0n) is 18.4. The van der Waals surface area contributed by atoms with Crippen molar-refractivity contribution in [3.8, 4) is 0 Å². The molecule has 1 unspecified atom stereocenters. The molecule has 2 aromatic rings. The summed E-state index contributed by atoms with van der Waals surface area (Å²) in [6, 6.07) is 8.75. The van der Waals surface area contributed by atoms with E-state index < -0.39 is 11.0 Å². The Morgan fingerprint density at radius 3 is 2.48 bits per heavy atom. The van der Waals surface area contributed by atoms with Crippen LogP contribution in [0.2, 0.25) is 0 Å². The minimum Gasteiger partial charge on any atom is -0.483 e. The molecule has 3 aliphatic heterocycles. The van der Waals surface area contributed by atoms with Gasteiger partial charge in [-0.15, -0.1) is 0 Å². The number of benzene rings is 1. The van der Waals surface area contributed by atoms with Gasteiger partial charge in [0.05, 0.1) is 5.41 Å². The van der Waals surface area contributed by atoms with E-state index in [1.807, 2.05) is 12.1 Å². The molecule has 0 bridgehead atoms. The summed E-state index contributed by atoms with van der Waals surface area (Å²) in [6.45, 7) is 3.61. The second-order valence-electron chi connectivity index (χ2n) is 8.90. The Morgan fingerprint density at radius 2 is 1.79 bits per heavy atom. The number of hydrogen-bond donors (Lipinski definition) is 1. The maximum Gasteiger partial charge on any atom is 0.349 e. The van der Waals surface area contributed by atoms with Crippen molar-refractivity contribution in [2.75, 3.05) is 32.7 Å². The van der Waals surface area contributed by atoms with E-state index in [4.69, 9.17) is 19.1 Å². The molecule has 33 heavy (non-hydrogen) atoms. The molecule has 3 saturated heterocycles. The molecule has 0 saturated carbocycles. The molecule has 1 aromatic carbocycles. The average Bonchev–Trinajstić information content (AvgIpc) is 3.42. The van der Waals surface area contributed by atoms with Gasteiger partial charge < -0.3 is 19.2 Å². The second-order valence-corrected chi connectivity index (χ2v) is 8.90. The second kappa shape index (κ2) is 9.74. The van der Waals surface area contributed by atoms with Crippen LogP contribution < -0.4 is 5.63 Å². The van der Waals surface area contributed by atoms with Crippen molar-refractivity contribution in [3.63, 3.8) is 0 Å². The summed E-state index contributed by atoms with van der Waals surface area (Å²) < 4.78 is 11.0. The summed E-state index contributed by atoms with van der Waals surface area (Å²) in [6.07, 6.45) is 4.25. The molecule has 0 aliphatic carbocycles. The summed E-state index contributed by atoms with van der Waals surface area (Å²) in [4.78, 5) is 50.4. The van der Waals surface area contributed by atoms with Crippen LogP contribution in [-0.4, -0.2) is 72.1 Å². The Morgan fingerprint density at radius 1 is 1.12 bits per heavy atom. The highest BCUT2D eigenvalue weighted by molar-refractivity contribution is 5.96. The molecule has 1 amide bonds. The number of hydrogen-bond acceptors (Lipinski definition) is 7. The number of rotatable bonds is 3. The summed E-state index contributed by atoms with van der Waals surface area (Å²) in [5, 5.41) is 7.61. The molecule has 3 fully saturated rings. The number of piperidine rings is 1. The quantitative estimate of drug-likeness (QED) is 0.424. The highest BCUT2D eigenvalue weighted by atomic mass is 16.6. The number of cyclic esters (lactones) is 1. The molecule has 1 N–H and O–H groups in total. The number of amides is 1. The van der Waals surface area contributed by atoms with Crippen molar-refractivity contribution in [2.24, 2.45) is 5.41 Å². The molecular formula is C24H28N2O7. The van der Waals surface area contributed by atoms with Gasteiger partial charge in [0, 0.05) is 31.4 Å². The lowest BCUT2D eigenvalue weighted by Gasteiger charge is -2.36. The standard InChI is InChI=1S/C23H26N2O5.CH2O2/c26-20(18-13-16-5-1-2-6-19(16)30-21(18)27)25-11-7-23(8-12-25)14-17(29-22(23)28)15-24-9-3-4-10-24;2-1-3/h1-2,5-6,13,17H,3-4,7-12,14-15H2;1H,(H,2,3). The van der Waals surface area contributed by atoms with Crippen molar-refractivity contribution in [2.45, 2.75) is 38.2 Å². The van der Waals surface area contributed by atoms with E-state index in [9.17, 15) is 14.4 Å². The van der Waals surface area contributed by atoms with Crippen LogP contribution >= 0.6 is 0 Å². The normalized spacial score (nSPS) is 22.1. The van der Waals surface area contributed by atoms with Crippen LogP contribution in [0, 0.1) is 5.41 Å². The van der Waals surface area contributed by atoms with Crippen molar-refractivity contribution >= 4 is 29.3 Å². The van der Waals surface area contributed by atoms with Crippen LogP contribution in [0.1, 0.15) is 42.5 Å². The van der Waals surface area contributed by atoms with Crippen LogP contribution in [0.15, 0.2) is 39.5 Å². The van der Waals surface area contributed by atoms with E-state index in [1.54, 1.807) is 23.1 Å². The average molecular weight is 456 g/mol.